The monoisotopic (exact) mass is 250 g/mol. The Kier molecular flexibility index (Phi) is 4.01. The van der Waals surface area contributed by atoms with Gasteiger partial charge < -0.3 is 10.6 Å². The maximum Gasteiger partial charge on any atom is 0.225 e. The number of aryl methyl sites for hydroxylation is 1. The number of hydrogen-bond acceptors (Lipinski definition) is 3. The van der Waals surface area contributed by atoms with Crippen LogP contribution in [0, 0.1) is 11.8 Å². The van der Waals surface area contributed by atoms with E-state index in [2.05, 4.69) is 29.6 Å². The topological polar surface area (TPSA) is 59.0 Å². The number of rotatable bonds is 4. The van der Waals surface area contributed by atoms with Crippen molar-refractivity contribution in [1.82, 2.24) is 20.4 Å². The number of carbonyl (C=O) groups is 1. The number of nitrogens with zero attached hydrogens (tertiary/aromatic N) is 2. The third-order valence-corrected chi connectivity index (χ3v) is 3.39. The van der Waals surface area contributed by atoms with E-state index in [0.29, 0.717) is 5.92 Å². The molecule has 2 N–H and O–H groups in total. The van der Waals surface area contributed by atoms with Gasteiger partial charge >= 0.3 is 0 Å². The minimum Gasteiger partial charge on any atom is -0.356 e. The Morgan fingerprint density at radius 3 is 3.00 bits per heavy atom. The highest BCUT2D eigenvalue weighted by Gasteiger charge is 2.34. The molecule has 1 fully saturated rings. The minimum absolute atomic E-state index is 0.0212. The van der Waals surface area contributed by atoms with Crippen LogP contribution in [0.25, 0.3) is 0 Å². The molecular weight excluding hydrogens is 228 g/mol. The molecule has 0 unspecified atom stereocenters. The molecule has 1 amide bonds. The highest BCUT2D eigenvalue weighted by atomic mass is 16.1. The molecule has 0 bridgehead atoms. The SMILES string of the molecule is CC(C)CNC(=O)[C@H]1CNC[C@@H]1c1cnn(C)c1. The summed E-state index contributed by atoms with van der Waals surface area (Å²) in [6.07, 6.45) is 3.86. The van der Waals surface area contributed by atoms with E-state index in [1.54, 1.807) is 4.68 Å². The van der Waals surface area contributed by atoms with E-state index in [-0.39, 0.29) is 17.7 Å². The largest absolute Gasteiger partial charge is 0.356 e. The Balaban J connectivity index is 2.01. The molecule has 2 atom stereocenters. The Hall–Kier alpha value is -1.36. The highest BCUT2D eigenvalue weighted by molar-refractivity contribution is 5.80. The van der Waals surface area contributed by atoms with Crippen molar-refractivity contribution in [2.75, 3.05) is 19.6 Å². The van der Waals surface area contributed by atoms with Crippen LogP contribution in [0.4, 0.5) is 0 Å². The van der Waals surface area contributed by atoms with Crippen LogP contribution in [0.2, 0.25) is 0 Å². The number of nitrogens with one attached hydrogen (secondary N) is 2. The molecule has 18 heavy (non-hydrogen) atoms. The zero-order chi connectivity index (χ0) is 13.1. The van der Waals surface area contributed by atoms with Gasteiger partial charge in [-0.15, -0.1) is 0 Å². The molecule has 0 aromatic carbocycles. The van der Waals surface area contributed by atoms with E-state index in [9.17, 15) is 4.79 Å². The zero-order valence-corrected chi connectivity index (χ0v) is 11.3. The number of hydrogen-bond donors (Lipinski definition) is 2. The maximum atomic E-state index is 12.2. The summed E-state index contributed by atoms with van der Waals surface area (Å²) in [6.45, 7) is 6.56. The van der Waals surface area contributed by atoms with Crippen LogP contribution in [0.5, 0.6) is 0 Å². The van der Waals surface area contributed by atoms with Crippen LogP contribution in [-0.4, -0.2) is 35.3 Å². The average molecular weight is 250 g/mol. The van der Waals surface area contributed by atoms with Crippen LogP contribution in [0.15, 0.2) is 12.4 Å². The van der Waals surface area contributed by atoms with Crippen LogP contribution >= 0.6 is 0 Å². The highest BCUT2D eigenvalue weighted by Crippen LogP contribution is 2.27. The fourth-order valence-corrected chi connectivity index (χ4v) is 2.37. The molecule has 5 heteroatoms. The van der Waals surface area contributed by atoms with Crippen molar-refractivity contribution in [3.63, 3.8) is 0 Å². The standard InChI is InChI=1S/C13H22N4O/c1-9(2)4-15-13(18)12-7-14-6-11(12)10-5-16-17(3)8-10/h5,8-9,11-12,14H,4,6-7H2,1-3H3,(H,15,18)/t11-,12+/m1/s1. The molecule has 1 aliphatic heterocycles. The predicted octanol–water partition coefficient (Wildman–Crippen LogP) is 0.495. The van der Waals surface area contributed by atoms with Crippen molar-refractivity contribution in [1.29, 1.82) is 0 Å². The van der Waals surface area contributed by atoms with Gasteiger partial charge in [-0.05, 0) is 11.5 Å². The lowest BCUT2D eigenvalue weighted by molar-refractivity contribution is -0.124. The first-order chi connectivity index (χ1) is 8.58. The van der Waals surface area contributed by atoms with Gasteiger partial charge in [-0.3, -0.25) is 9.48 Å². The predicted molar refractivity (Wildman–Crippen MR) is 70.2 cm³/mol. The van der Waals surface area contributed by atoms with Crippen LogP contribution in [0.1, 0.15) is 25.3 Å². The molecule has 1 aromatic heterocycles. The van der Waals surface area contributed by atoms with Crippen molar-refractivity contribution in [3.8, 4) is 0 Å². The van der Waals surface area contributed by atoms with E-state index in [1.165, 1.54) is 0 Å². The van der Waals surface area contributed by atoms with Crippen molar-refractivity contribution in [3.05, 3.63) is 18.0 Å². The Labute approximate surface area is 108 Å². The van der Waals surface area contributed by atoms with E-state index in [0.717, 1.165) is 25.2 Å². The van der Waals surface area contributed by atoms with Crippen molar-refractivity contribution < 1.29 is 4.79 Å². The molecule has 1 saturated heterocycles. The second-order valence-corrected chi connectivity index (χ2v) is 5.46. The molecule has 2 rings (SSSR count). The summed E-state index contributed by atoms with van der Waals surface area (Å²) in [4.78, 5) is 12.2. The summed E-state index contributed by atoms with van der Waals surface area (Å²) in [5.74, 6) is 0.904. The molecule has 5 nitrogen and oxygen atoms in total. The van der Waals surface area contributed by atoms with E-state index < -0.39 is 0 Å². The third kappa shape index (κ3) is 2.90. The van der Waals surface area contributed by atoms with E-state index in [1.807, 2.05) is 19.4 Å². The smallest absolute Gasteiger partial charge is 0.225 e. The molecule has 1 aromatic rings. The summed E-state index contributed by atoms with van der Waals surface area (Å²) in [7, 11) is 1.90. The fraction of sp³-hybridized carbons (Fsp3) is 0.692. The van der Waals surface area contributed by atoms with Gasteiger partial charge in [-0.1, -0.05) is 13.8 Å². The molecule has 0 saturated carbocycles. The second kappa shape index (κ2) is 5.52. The normalized spacial score (nSPS) is 23.6. The first-order valence-corrected chi connectivity index (χ1v) is 6.55. The van der Waals surface area contributed by atoms with Gasteiger partial charge in [-0.25, -0.2) is 0 Å². The van der Waals surface area contributed by atoms with Crippen LogP contribution in [-0.2, 0) is 11.8 Å². The third-order valence-electron chi connectivity index (χ3n) is 3.39. The molecule has 1 aliphatic rings. The van der Waals surface area contributed by atoms with Gasteiger partial charge in [-0.2, -0.15) is 5.10 Å². The van der Waals surface area contributed by atoms with Gasteiger partial charge in [0.1, 0.15) is 0 Å². The quantitative estimate of drug-likeness (QED) is 0.818. The zero-order valence-electron chi connectivity index (χ0n) is 11.3. The molecule has 100 valence electrons. The Bertz CT molecular complexity index is 413. The van der Waals surface area contributed by atoms with Crippen molar-refractivity contribution in [2.24, 2.45) is 18.9 Å². The first kappa shape index (κ1) is 13.1. The van der Waals surface area contributed by atoms with Gasteiger partial charge in [0.05, 0.1) is 12.1 Å². The van der Waals surface area contributed by atoms with E-state index >= 15 is 0 Å². The van der Waals surface area contributed by atoms with Gasteiger partial charge in [0, 0.05) is 38.8 Å². The number of aromatic nitrogens is 2. The molecule has 0 aliphatic carbocycles. The van der Waals surface area contributed by atoms with Gasteiger partial charge in [0.15, 0.2) is 0 Å². The summed E-state index contributed by atoms with van der Waals surface area (Å²) in [6, 6.07) is 0. The number of carbonyl (C=O) groups excluding carboxylic acids is 1. The molecule has 0 radical (unpaired) electrons. The second-order valence-electron chi connectivity index (χ2n) is 5.46. The lowest BCUT2D eigenvalue weighted by Gasteiger charge is -2.17. The van der Waals surface area contributed by atoms with Gasteiger partial charge in [0.2, 0.25) is 5.91 Å². The minimum atomic E-state index is 0.0212. The fourth-order valence-electron chi connectivity index (χ4n) is 2.37. The maximum absolute atomic E-state index is 12.2. The van der Waals surface area contributed by atoms with Crippen LogP contribution in [0.3, 0.4) is 0 Å². The lowest BCUT2D eigenvalue weighted by Crippen LogP contribution is -2.36. The number of amides is 1. The first-order valence-electron chi connectivity index (χ1n) is 6.55. The Morgan fingerprint density at radius 1 is 1.61 bits per heavy atom. The Morgan fingerprint density at radius 2 is 2.39 bits per heavy atom. The van der Waals surface area contributed by atoms with Crippen LogP contribution < -0.4 is 10.6 Å². The summed E-state index contributed by atoms with van der Waals surface area (Å²) in [5, 5.41) is 10.5. The van der Waals surface area contributed by atoms with Crippen molar-refractivity contribution >= 4 is 5.91 Å². The summed E-state index contributed by atoms with van der Waals surface area (Å²) < 4.78 is 1.79. The van der Waals surface area contributed by atoms with E-state index in [4.69, 9.17) is 0 Å². The summed E-state index contributed by atoms with van der Waals surface area (Å²) in [5.41, 5.74) is 1.15. The molecular formula is C13H22N4O. The lowest BCUT2D eigenvalue weighted by atomic mass is 9.90. The van der Waals surface area contributed by atoms with Crippen molar-refractivity contribution in [2.45, 2.75) is 19.8 Å². The average Bonchev–Trinajstić information content (AvgIpc) is 2.93. The molecule has 2 heterocycles. The summed E-state index contributed by atoms with van der Waals surface area (Å²) >= 11 is 0. The van der Waals surface area contributed by atoms with Gasteiger partial charge in [0.25, 0.3) is 0 Å². The molecule has 0 spiro atoms.